The summed E-state index contributed by atoms with van der Waals surface area (Å²) in [5, 5.41) is 0. The van der Waals surface area contributed by atoms with Gasteiger partial charge in [-0.2, -0.15) is 0 Å². The summed E-state index contributed by atoms with van der Waals surface area (Å²) in [7, 11) is 1.36. The van der Waals surface area contributed by atoms with Gasteiger partial charge in [0.1, 0.15) is 5.78 Å². The van der Waals surface area contributed by atoms with E-state index in [9.17, 15) is 14.4 Å². The Balaban J connectivity index is 1.98. The summed E-state index contributed by atoms with van der Waals surface area (Å²) in [5.41, 5.74) is 2.00. The fourth-order valence-electron chi connectivity index (χ4n) is 4.52. The van der Waals surface area contributed by atoms with Crippen LogP contribution >= 0.6 is 0 Å². The van der Waals surface area contributed by atoms with Gasteiger partial charge in [-0.25, -0.2) is 4.79 Å². The molecule has 0 heterocycles. The lowest BCUT2D eigenvalue weighted by Crippen LogP contribution is -2.47. The highest BCUT2D eigenvalue weighted by atomic mass is 16.5. The van der Waals surface area contributed by atoms with E-state index >= 15 is 0 Å². The largest absolute Gasteiger partial charge is 0.465 e. The second kappa shape index (κ2) is 8.89. The first-order chi connectivity index (χ1) is 13.4. The van der Waals surface area contributed by atoms with Crippen molar-refractivity contribution >= 4 is 23.3 Å². The van der Waals surface area contributed by atoms with Crippen molar-refractivity contribution in [2.75, 3.05) is 12.0 Å². The Bertz CT molecular complexity index is 739. The molecule has 28 heavy (non-hydrogen) atoms. The maximum absolute atomic E-state index is 13.6. The zero-order chi connectivity index (χ0) is 20.3. The maximum Gasteiger partial charge on any atom is 0.339 e. The van der Waals surface area contributed by atoms with Crippen LogP contribution in [0.1, 0.15) is 74.2 Å². The SMILES string of the molecule is COC(=O)c1cc(C)ccc1N(C(=O)C1CCC(C)CC1)C1CCC(=O)CC1. The summed E-state index contributed by atoms with van der Waals surface area (Å²) >= 11 is 0. The summed E-state index contributed by atoms with van der Waals surface area (Å²) < 4.78 is 4.99. The Labute approximate surface area is 167 Å². The molecule has 0 radical (unpaired) electrons. The number of nitrogens with zero attached hydrogens (tertiary/aromatic N) is 1. The van der Waals surface area contributed by atoms with E-state index in [-0.39, 0.29) is 23.7 Å². The highest BCUT2D eigenvalue weighted by Crippen LogP contribution is 2.35. The summed E-state index contributed by atoms with van der Waals surface area (Å²) in [6.45, 7) is 4.16. The number of amides is 1. The summed E-state index contributed by atoms with van der Waals surface area (Å²) in [4.78, 5) is 39.7. The Hall–Kier alpha value is -2.17. The first-order valence-electron chi connectivity index (χ1n) is 10.4. The minimum Gasteiger partial charge on any atom is -0.465 e. The van der Waals surface area contributed by atoms with Crippen LogP contribution in [0.15, 0.2) is 18.2 Å². The third kappa shape index (κ3) is 4.45. The molecule has 0 saturated heterocycles. The van der Waals surface area contributed by atoms with E-state index in [1.54, 1.807) is 6.07 Å². The number of methoxy groups -OCH3 is 1. The van der Waals surface area contributed by atoms with Crippen molar-refractivity contribution in [3.63, 3.8) is 0 Å². The summed E-state index contributed by atoms with van der Waals surface area (Å²) in [6, 6.07) is 5.54. The molecule has 2 saturated carbocycles. The minimum absolute atomic E-state index is 0.0133. The standard InChI is InChI=1S/C23H31NO4/c1-15-4-7-17(8-5-15)22(26)24(18-9-11-19(25)12-10-18)21-13-6-16(2)14-20(21)23(27)28-3/h6,13-15,17-18H,4-5,7-12H2,1-3H3. The van der Waals surface area contributed by atoms with Crippen molar-refractivity contribution in [2.24, 2.45) is 11.8 Å². The fourth-order valence-corrected chi connectivity index (χ4v) is 4.52. The first-order valence-corrected chi connectivity index (χ1v) is 10.4. The fraction of sp³-hybridized carbons (Fsp3) is 0.609. The van der Waals surface area contributed by atoms with Crippen molar-refractivity contribution in [1.29, 1.82) is 0 Å². The second-order valence-electron chi connectivity index (χ2n) is 8.45. The number of carbonyl (C=O) groups excluding carboxylic acids is 3. The third-order valence-electron chi connectivity index (χ3n) is 6.30. The molecule has 0 aliphatic heterocycles. The number of carbonyl (C=O) groups is 3. The van der Waals surface area contributed by atoms with E-state index in [0.717, 1.165) is 31.2 Å². The Morgan fingerprint density at radius 3 is 2.29 bits per heavy atom. The van der Waals surface area contributed by atoms with Crippen LogP contribution in [0.4, 0.5) is 5.69 Å². The average molecular weight is 386 g/mol. The molecule has 5 heteroatoms. The Kier molecular flexibility index (Phi) is 6.53. The zero-order valence-corrected chi connectivity index (χ0v) is 17.2. The molecular formula is C23H31NO4. The van der Waals surface area contributed by atoms with Gasteiger partial charge >= 0.3 is 5.97 Å². The molecule has 0 bridgehead atoms. The number of hydrogen-bond donors (Lipinski definition) is 0. The zero-order valence-electron chi connectivity index (χ0n) is 17.2. The van der Waals surface area contributed by atoms with Gasteiger partial charge in [0.25, 0.3) is 0 Å². The molecule has 0 unspecified atom stereocenters. The highest BCUT2D eigenvalue weighted by molar-refractivity contribution is 6.04. The topological polar surface area (TPSA) is 63.7 Å². The summed E-state index contributed by atoms with van der Waals surface area (Å²) in [5.74, 6) is 0.573. The molecule has 1 aromatic carbocycles. The van der Waals surface area contributed by atoms with Crippen molar-refractivity contribution in [3.05, 3.63) is 29.3 Å². The summed E-state index contributed by atoms with van der Waals surface area (Å²) in [6.07, 6.45) is 6.20. The molecule has 0 aromatic heterocycles. The normalized spacial score (nSPS) is 23.3. The number of Topliss-reactive ketones (excluding diaryl/α,β-unsaturated/α-hetero) is 1. The predicted molar refractivity (Wildman–Crippen MR) is 108 cm³/mol. The molecule has 1 aromatic rings. The molecule has 2 aliphatic carbocycles. The van der Waals surface area contributed by atoms with E-state index < -0.39 is 5.97 Å². The van der Waals surface area contributed by atoms with Gasteiger partial charge in [-0.1, -0.05) is 18.6 Å². The molecular weight excluding hydrogens is 354 g/mol. The maximum atomic E-state index is 13.6. The van der Waals surface area contributed by atoms with Gasteiger partial charge in [0, 0.05) is 24.8 Å². The van der Waals surface area contributed by atoms with Gasteiger partial charge in [-0.3, -0.25) is 9.59 Å². The number of ether oxygens (including phenoxy) is 1. The Morgan fingerprint density at radius 1 is 1.04 bits per heavy atom. The number of aryl methyl sites for hydroxylation is 1. The number of benzene rings is 1. The van der Waals surface area contributed by atoms with Gasteiger partial charge in [-0.05, 0) is 63.5 Å². The lowest BCUT2D eigenvalue weighted by atomic mass is 9.81. The number of rotatable bonds is 4. The van der Waals surface area contributed by atoms with Gasteiger partial charge < -0.3 is 9.64 Å². The van der Waals surface area contributed by atoms with Crippen molar-refractivity contribution in [3.8, 4) is 0 Å². The van der Waals surface area contributed by atoms with Crippen LogP contribution in [0.5, 0.6) is 0 Å². The molecule has 0 spiro atoms. The van der Waals surface area contributed by atoms with E-state index in [1.807, 2.05) is 24.0 Å². The second-order valence-corrected chi connectivity index (χ2v) is 8.45. The van der Waals surface area contributed by atoms with Crippen LogP contribution in [0.3, 0.4) is 0 Å². The first kappa shape index (κ1) is 20.6. The minimum atomic E-state index is -0.430. The Morgan fingerprint density at radius 2 is 1.68 bits per heavy atom. The molecule has 2 fully saturated rings. The van der Waals surface area contributed by atoms with Crippen LogP contribution in [-0.4, -0.2) is 30.8 Å². The number of esters is 1. The number of hydrogen-bond acceptors (Lipinski definition) is 4. The predicted octanol–water partition coefficient (Wildman–Crippen LogP) is 4.45. The van der Waals surface area contributed by atoms with Crippen molar-refractivity contribution < 1.29 is 19.1 Å². The third-order valence-corrected chi connectivity index (χ3v) is 6.30. The quantitative estimate of drug-likeness (QED) is 0.718. The van der Waals surface area contributed by atoms with E-state index in [4.69, 9.17) is 4.74 Å². The lowest BCUT2D eigenvalue weighted by Gasteiger charge is -2.38. The van der Waals surface area contributed by atoms with E-state index in [0.29, 0.717) is 42.9 Å². The van der Waals surface area contributed by atoms with Crippen molar-refractivity contribution in [1.82, 2.24) is 0 Å². The molecule has 2 aliphatic rings. The molecule has 1 amide bonds. The van der Waals surface area contributed by atoms with Crippen LogP contribution in [0.25, 0.3) is 0 Å². The van der Waals surface area contributed by atoms with Gasteiger partial charge in [0.05, 0.1) is 18.4 Å². The van der Waals surface area contributed by atoms with Gasteiger partial charge in [-0.15, -0.1) is 0 Å². The van der Waals surface area contributed by atoms with Crippen molar-refractivity contribution in [2.45, 2.75) is 71.3 Å². The molecule has 5 nitrogen and oxygen atoms in total. The van der Waals surface area contributed by atoms with Gasteiger partial charge in [0.15, 0.2) is 0 Å². The van der Waals surface area contributed by atoms with Crippen LogP contribution in [-0.2, 0) is 14.3 Å². The lowest BCUT2D eigenvalue weighted by molar-refractivity contribution is -0.125. The molecule has 0 N–H and O–H groups in total. The van der Waals surface area contributed by atoms with Crippen LogP contribution < -0.4 is 4.90 Å². The molecule has 3 rings (SSSR count). The van der Waals surface area contributed by atoms with Crippen LogP contribution in [0.2, 0.25) is 0 Å². The van der Waals surface area contributed by atoms with E-state index in [2.05, 4.69) is 6.92 Å². The number of ketones is 1. The van der Waals surface area contributed by atoms with Crippen LogP contribution in [0, 0.1) is 18.8 Å². The number of anilines is 1. The monoisotopic (exact) mass is 385 g/mol. The smallest absolute Gasteiger partial charge is 0.339 e. The average Bonchev–Trinajstić information content (AvgIpc) is 2.70. The van der Waals surface area contributed by atoms with Gasteiger partial charge in [0.2, 0.25) is 5.91 Å². The molecule has 0 atom stereocenters. The molecule has 152 valence electrons. The van der Waals surface area contributed by atoms with E-state index in [1.165, 1.54) is 7.11 Å². The highest BCUT2D eigenvalue weighted by Gasteiger charge is 2.36.